The van der Waals surface area contributed by atoms with Crippen molar-refractivity contribution in [1.29, 1.82) is 0 Å². The number of hydrogen-bond acceptors (Lipinski definition) is 4. The number of aliphatic hydroxyl groups is 1. The number of carbonyl (C=O) groups excluding carboxylic acids is 2. The normalized spacial score (nSPS) is 11.9. The standard InChI is InChI=1S/C8H17N3O3/c1-2-3-4-7(13)10-11-8(14)6(9)5-12/h6,12H,2-5,9H2,1H3,(H,10,13)(H,11,14)/t6-/m1/s1. The van der Waals surface area contributed by atoms with E-state index in [1.165, 1.54) is 0 Å². The quantitative estimate of drug-likeness (QED) is 0.414. The summed E-state index contributed by atoms with van der Waals surface area (Å²) in [5.74, 6) is -0.859. The number of amides is 2. The third-order valence-electron chi connectivity index (χ3n) is 1.62. The van der Waals surface area contributed by atoms with Crippen LogP contribution in [0.1, 0.15) is 26.2 Å². The fourth-order valence-electron chi connectivity index (χ4n) is 0.707. The second-order valence-electron chi connectivity index (χ2n) is 2.93. The van der Waals surface area contributed by atoms with Crippen LogP contribution in [0.4, 0.5) is 0 Å². The van der Waals surface area contributed by atoms with Gasteiger partial charge in [-0.2, -0.15) is 0 Å². The van der Waals surface area contributed by atoms with Gasteiger partial charge in [0, 0.05) is 6.42 Å². The number of rotatable bonds is 5. The molecular weight excluding hydrogens is 186 g/mol. The van der Waals surface area contributed by atoms with Crippen molar-refractivity contribution in [3.05, 3.63) is 0 Å². The lowest BCUT2D eigenvalue weighted by molar-refractivity contribution is -0.130. The van der Waals surface area contributed by atoms with Crippen molar-refractivity contribution in [3.8, 4) is 0 Å². The summed E-state index contributed by atoms with van der Waals surface area (Å²) in [6.07, 6.45) is 2.05. The zero-order valence-electron chi connectivity index (χ0n) is 8.25. The summed E-state index contributed by atoms with van der Waals surface area (Å²) >= 11 is 0. The Labute approximate surface area is 82.8 Å². The lowest BCUT2D eigenvalue weighted by Gasteiger charge is -2.10. The Bertz CT molecular complexity index is 196. The van der Waals surface area contributed by atoms with Gasteiger partial charge in [-0.1, -0.05) is 13.3 Å². The van der Waals surface area contributed by atoms with Gasteiger partial charge < -0.3 is 10.8 Å². The van der Waals surface area contributed by atoms with Gasteiger partial charge in [0.15, 0.2) is 0 Å². The first kappa shape index (κ1) is 12.9. The maximum Gasteiger partial charge on any atom is 0.257 e. The Morgan fingerprint density at radius 2 is 2.07 bits per heavy atom. The van der Waals surface area contributed by atoms with Gasteiger partial charge in [-0.05, 0) is 6.42 Å². The van der Waals surface area contributed by atoms with Gasteiger partial charge in [0.1, 0.15) is 6.04 Å². The predicted molar refractivity (Wildman–Crippen MR) is 50.9 cm³/mol. The van der Waals surface area contributed by atoms with Gasteiger partial charge in [0.2, 0.25) is 5.91 Å². The number of carbonyl (C=O) groups is 2. The maximum absolute atomic E-state index is 11.0. The number of unbranched alkanes of at least 4 members (excludes halogenated alkanes) is 1. The molecule has 0 bridgehead atoms. The van der Waals surface area contributed by atoms with E-state index in [1.54, 1.807) is 0 Å². The smallest absolute Gasteiger partial charge is 0.257 e. The molecule has 0 fully saturated rings. The molecule has 6 heteroatoms. The fourth-order valence-corrected chi connectivity index (χ4v) is 0.707. The van der Waals surface area contributed by atoms with E-state index >= 15 is 0 Å². The highest BCUT2D eigenvalue weighted by atomic mass is 16.3. The monoisotopic (exact) mass is 203 g/mol. The Morgan fingerprint density at radius 3 is 2.57 bits per heavy atom. The number of nitrogens with one attached hydrogen (secondary N) is 2. The van der Waals surface area contributed by atoms with Crippen molar-refractivity contribution in [2.24, 2.45) is 5.73 Å². The Kier molecular flexibility index (Phi) is 6.69. The second-order valence-corrected chi connectivity index (χ2v) is 2.93. The number of hydrazine groups is 1. The van der Waals surface area contributed by atoms with Gasteiger partial charge >= 0.3 is 0 Å². The van der Waals surface area contributed by atoms with Crippen LogP contribution in [0.15, 0.2) is 0 Å². The van der Waals surface area contributed by atoms with Gasteiger partial charge in [-0.3, -0.25) is 20.4 Å². The molecule has 0 radical (unpaired) electrons. The Balaban J connectivity index is 3.61. The number of hydrogen-bond donors (Lipinski definition) is 4. The molecule has 82 valence electrons. The van der Waals surface area contributed by atoms with Gasteiger partial charge in [-0.15, -0.1) is 0 Å². The molecule has 0 unspecified atom stereocenters. The van der Waals surface area contributed by atoms with Crippen LogP contribution in [0.5, 0.6) is 0 Å². The van der Waals surface area contributed by atoms with Crippen molar-refractivity contribution in [3.63, 3.8) is 0 Å². The highest BCUT2D eigenvalue weighted by molar-refractivity contribution is 5.85. The summed E-state index contributed by atoms with van der Waals surface area (Å²) in [5, 5.41) is 8.51. The molecule has 0 saturated carbocycles. The molecule has 0 aromatic heterocycles. The lowest BCUT2D eigenvalue weighted by Crippen LogP contribution is -2.50. The molecular formula is C8H17N3O3. The minimum atomic E-state index is -0.999. The van der Waals surface area contributed by atoms with E-state index in [1.807, 2.05) is 6.92 Å². The molecule has 0 aliphatic rings. The molecule has 0 aliphatic carbocycles. The third-order valence-corrected chi connectivity index (χ3v) is 1.62. The van der Waals surface area contributed by atoms with Crippen molar-refractivity contribution in [2.45, 2.75) is 32.2 Å². The lowest BCUT2D eigenvalue weighted by atomic mass is 10.2. The van der Waals surface area contributed by atoms with Gasteiger partial charge in [-0.25, -0.2) is 0 Å². The van der Waals surface area contributed by atoms with Crippen LogP contribution >= 0.6 is 0 Å². The van der Waals surface area contributed by atoms with Crippen LogP contribution in [0, 0.1) is 0 Å². The highest BCUT2D eigenvalue weighted by Crippen LogP contribution is 1.91. The van der Waals surface area contributed by atoms with E-state index in [0.717, 1.165) is 12.8 Å². The van der Waals surface area contributed by atoms with E-state index in [2.05, 4.69) is 10.9 Å². The Hall–Kier alpha value is -1.14. The van der Waals surface area contributed by atoms with Crippen LogP contribution in [0.2, 0.25) is 0 Å². The van der Waals surface area contributed by atoms with Crippen molar-refractivity contribution < 1.29 is 14.7 Å². The van der Waals surface area contributed by atoms with Crippen LogP contribution < -0.4 is 16.6 Å². The molecule has 5 N–H and O–H groups in total. The average Bonchev–Trinajstić information content (AvgIpc) is 2.21. The van der Waals surface area contributed by atoms with Crippen LogP contribution in [0.25, 0.3) is 0 Å². The molecule has 6 nitrogen and oxygen atoms in total. The largest absolute Gasteiger partial charge is 0.394 e. The minimum Gasteiger partial charge on any atom is -0.394 e. The van der Waals surface area contributed by atoms with Crippen molar-refractivity contribution in [2.75, 3.05) is 6.61 Å². The first-order valence-corrected chi connectivity index (χ1v) is 4.57. The molecule has 0 saturated heterocycles. The SMILES string of the molecule is CCCCC(=O)NNC(=O)[C@H](N)CO. The average molecular weight is 203 g/mol. The van der Waals surface area contributed by atoms with E-state index in [9.17, 15) is 9.59 Å². The summed E-state index contributed by atoms with van der Waals surface area (Å²) in [6, 6.07) is -0.999. The zero-order chi connectivity index (χ0) is 11.0. The first-order chi connectivity index (χ1) is 6.61. The predicted octanol–water partition coefficient (Wildman–Crippen LogP) is -1.36. The summed E-state index contributed by atoms with van der Waals surface area (Å²) in [7, 11) is 0. The van der Waals surface area contributed by atoms with Crippen LogP contribution in [0.3, 0.4) is 0 Å². The fraction of sp³-hybridized carbons (Fsp3) is 0.750. The van der Waals surface area contributed by atoms with Crippen LogP contribution in [-0.2, 0) is 9.59 Å². The topological polar surface area (TPSA) is 104 Å². The van der Waals surface area contributed by atoms with Crippen molar-refractivity contribution >= 4 is 11.8 Å². The summed E-state index contributed by atoms with van der Waals surface area (Å²) in [6.45, 7) is 1.52. The Morgan fingerprint density at radius 1 is 1.43 bits per heavy atom. The molecule has 0 aliphatic heterocycles. The summed E-state index contributed by atoms with van der Waals surface area (Å²) in [5.41, 5.74) is 9.51. The summed E-state index contributed by atoms with van der Waals surface area (Å²) < 4.78 is 0. The number of nitrogens with two attached hydrogens (primary N) is 1. The molecule has 0 aromatic rings. The third kappa shape index (κ3) is 5.50. The molecule has 1 atom stereocenters. The van der Waals surface area contributed by atoms with Crippen molar-refractivity contribution in [1.82, 2.24) is 10.9 Å². The zero-order valence-corrected chi connectivity index (χ0v) is 8.25. The number of aliphatic hydroxyl groups excluding tert-OH is 1. The van der Waals surface area contributed by atoms with Gasteiger partial charge in [0.25, 0.3) is 5.91 Å². The second kappa shape index (κ2) is 7.28. The first-order valence-electron chi connectivity index (χ1n) is 4.57. The van der Waals surface area contributed by atoms with Crippen LogP contribution in [-0.4, -0.2) is 29.6 Å². The minimum absolute atomic E-state index is 0.259. The molecule has 14 heavy (non-hydrogen) atoms. The van der Waals surface area contributed by atoms with Gasteiger partial charge in [0.05, 0.1) is 6.61 Å². The highest BCUT2D eigenvalue weighted by Gasteiger charge is 2.11. The van der Waals surface area contributed by atoms with E-state index in [-0.39, 0.29) is 5.91 Å². The maximum atomic E-state index is 11.0. The molecule has 0 rings (SSSR count). The van der Waals surface area contributed by atoms with E-state index < -0.39 is 18.6 Å². The molecule has 0 heterocycles. The molecule has 0 aromatic carbocycles. The molecule has 2 amide bonds. The van der Waals surface area contributed by atoms with E-state index in [0.29, 0.717) is 6.42 Å². The summed E-state index contributed by atoms with van der Waals surface area (Å²) in [4.78, 5) is 21.9. The van der Waals surface area contributed by atoms with E-state index in [4.69, 9.17) is 10.8 Å². The molecule has 0 spiro atoms.